The first-order chi connectivity index (χ1) is 31.3. The Morgan fingerprint density at radius 3 is 1.82 bits per heavy atom. The average molecular weight is 870 g/mol. The molecular formula is C53H55N7O5. The number of rotatable bonds is 16. The average Bonchev–Trinajstić information content (AvgIpc) is 3.94. The van der Waals surface area contributed by atoms with Crippen LogP contribution >= 0.6 is 0 Å². The van der Waals surface area contributed by atoms with E-state index in [1.807, 2.05) is 116 Å². The van der Waals surface area contributed by atoms with Crippen LogP contribution in [0.4, 0.5) is 5.82 Å². The number of unbranched alkanes of at least 4 members (excludes halogenated alkanes) is 1. The molecule has 7 aromatic rings. The van der Waals surface area contributed by atoms with E-state index >= 15 is 0 Å². The van der Waals surface area contributed by atoms with Crippen molar-refractivity contribution in [2.24, 2.45) is 5.41 Å². The number of imidazole rings is 1. The van der Waals surface area contributed by atoms with Gasteiger partial charge in [0.1, 0.15) is 11.4 Å². The summed E-state index contributed by atoms with van der Waals surface area (Å²) in [6.07, 6.45) is 3.73. The highest BCUT2D eigenvalue weighted by Crippen LogP contribution is 2.43. The van der Waals surface area contributed by atoms with Gasteiger partial charge in [0.15, 0.2) is 17.3 Å². The van der Waals surface area contributed by atoms with E-state index in [9.17, 15) is 14.4 Å². The Morgan fingerprint density at radius 1 is 0.723 bits per heavy atom. The number of hydrogen-bond acceptors (Lipinski definition) is 9. The predicted octanol–water partition coefficient (Wildman–Crippen LogP) is 10.1. The van der Waals surface area contributed by atoms with Crippen molar-refractivity contribution in [1.29, 1.82) is 0 Å². The van der Waals surface area contributed by atoms with Crippen LogP contribution in [0.2, 0.25) is 0 Å². The minimum Gasteiger partial charge on any atom is -0.427 e. The van der Waals surface area contributed by atoms with Crippen molar-refractivity contribution in [3.05, 3.63) is 185 Å². The van der Waals surface area contributed by atoms with E-state index in [1.54, 1.807) is 32.4 Å². The quantitative estimate of drug-likeness (QED) is 0.0403. The van der Waals surface area contributed by atoms with Crippen molar-refractivity contribution in [2.45, 2.75) is 72.9 Å². The highest BCUT2D eigenvalue weighted by molar-refractivity contribution is 6.05. The summed E-state index contributed by atoms with van der Waals surface area (Å²) in [5, 5.41) is 13.8. The van der Waals surface area contributed by atoms with Gasteiger partial charge in [0.2, 0.25) is 6.79 Å². The van der Waals surface area contributed by atoms with Gasteiger partial charge in [0.25, 0.3) is 5.91 Å². The van der Waals surface area contributed by atoms with E-state index in [4.69, 9.17) is 24.8 Å². The lowest BCUT2D eigenvalue weighted by molar-refractivity contribution is -0.161. The zero-order valence-corrected chi connectivity index (χ0v) is 38.1. The summed E-state index contributed by atoms with van der Waals surface area (Å²) in [6.45, 7) is 10.5. The molecule has 0 spiro atoms. The fraction of sp³-hybridized carbons (Fsp3) is 0.264. The van der Waals surface area contributed by atoms with Gasteiger partial charge in [0, 0.05) is 31.7 Å². The normalized spacial score (nSPS) is 11.5. The number of esters is 2. The first kappa shape index (κ1) is 45.6. The topological polar surface area (TPSA) is 134 Å². The van der Waals surface area contributed by atoms with Gasteiger partial charge in [0.05, 0.1) is 5.41 Å². The van der Waals surface area contributed by atoms with Crippen molar-refractivity contribution >= 4 is 23.7 Å². The first-order valence-electron chi connectivity index (χ1n) is 21.8. The van der Waals surface area contributed by atoms with Gasteiger partial charge in [-0.25, -0.2) is 14.5 Å². The summed E-state index contributed by atoms with van der Waals surface area (Å²) < 4.78 is 14.6. The number of hydrogen-bond donors (Lipinski definition) is 0. The number of carbonyl (C=O) groups excluding carboxylic acids is 3. The molecule has 12 heteroatoms. The minimum absolute atomic E-state index is 0.0842. The van der Waals surface area contributed by atoms with Gasteiger partial charge in [-0.05, 0) is 84.8 Å². The lowest BCUT2D eigenvalue weighted by Crippen LogP contribution is -2.39. The van der Waals surface area contributed by atoms with Crippen LogP contribution in [0, 0.1) is 5.41 Å². The third-order valence-corrected chi connectivity index (χ3v) is 11.2. The van der Waals surface area contributed by atoms with Crippen molar-refractivity contribution in [3.8, 4) is 22.5 Å². The number of ether oxygens (including phenoxy) is 2. The molecular weight excluding hydrogens is 815 g/mol. The summed E-state index contributed by atoms with van der Waals surface area (Å²) in [5.74, 6) is -0.262. The number of nitrogens with zero attached hydrogens (tertiary/aromatic N) is 7. The van der Waals surface area contributed by atoms with Crippen molar-refractivity contribution in [2.75, 3.05) is 18.7 Å². The Balaban J connectivity index is 1.29. The molecule has 0 atom stereocenters. The number of tetrazole rings is 1. The fourth-order valence-electron chi connectivity index (χ4n) is 7.87. The Morgan fingerprint density at radius 2 is 1.28 bits per heavy atom. The maximum absolute atomic E-state index is 14.1. The number of allylic oxidation sites excluding steroid dienone is 1. The van der Waals surface area contributed by atoms with Crippen molar-refractivity contribution < 1.29 is 23.9 Å². The van der Waals surface area contributed by atoms with Crippen LogP contribution in [0.15, 0.2) is 151 Å². The van der Waals surface area contributed by atoms with E-state index < -0.39 is 29.7 Å². The Bertz CT molecular complexity index is 2670. The van der Waals surface area contributed by atoms with Crippen molar-refractivity contribution in [3.63, 3.8) is 0 Å². The molecule has 0 saturated heterocycles. The van der Waals surface area contributed by atoms with Crippen LogP contribution in [-0.4, -0.2) is 61.4 Å². The summed E-state index contributed by atoms with van der Waals surface area (Å²) in [4.78, 5) is 46.2. The third-order valence-electron chi connectivity index (χ3n) is 11.2. The van der Waals surface area contributed by atoms with E-state index in [-0.39, 0.29) is 24.0 Å². The molecule has 2 aromatic heterocycles. The molecule has 0 unspecified atom stereocenters. The zero-order valence-electron chi connectivity index (χ0n) is 38.1. The van der Waals surface area contributed by atoms with Crippen LogP contribution in [0.25, 0.3) is 22.5 Å². The number of carbonyl (C=O) groups is 3. The van der Waals surface area contributed by atoms with E-state index in [0.29, 0.717) is 18.1 Å². The molecule has 12 nitrogen and oxygen atoms in total. The van der Waals surface area contributed by atoms with Crippen LogP contribution < -0.4 is 4.90 Å². The van der Waals surface area contributed by atoms with Gasteiger partial charge in [-0.2, -0.15) is 0 Å². The fourth-order valence-corrected chi connectivity index (χ4v) is 7.87. The molecule has 1 amide bonds. The van der Waals surface area contributed by atoms with E-state index in [1.165, 1.54) is 11.0 Å². The SMILES string of the molecule is CCCCc1nc(N(C)C(=O)C=C(C)C)c(C(=O)OCOC(=O)C(C)(C)C)n1Cc1ccc(-c2ccccc2-c2nnnn2C(c2ccccc2)(c2ccccc2)c2ccccc2)cc1. The standard InChI is InChI=1S/C53H55N7O5/c1-8-9-29-45-54-49(58(7)46(61)34-37(2)3)47(50(62)64-36-65-51(63)52(4,5)6)59(45)35-38-30-32-39(33-31-38)43-27-19-20-28-44(43)48-55-56-57-60(48)53(40-21-13-10-14-22-40,41-23-15-11-16-24-41)42-25-17-12-18-26-42/h10-28,30-34H,8-9,29,35-36H2,1-7H3. The molecule has 2 heterocycles. The van der Waals surface area contributed by atoms with Gasteiger partial charge in [-0.1, -0.05) is 158 Å². The van der Waals surface area contributed by atoms with E-state index in [2.05, 4.69) is 54.6 Å². The first-order valence-corrected chi connectivity index (χ1v) is 21.8. The largest absolute Gasteiger partial charge is 0.427 e. The molecule has 332 valence electrons. The van der Waals surface area contributed by atoms with Gasteiger partial charge >= 0.3 is 11.9 Å². The minimum atomic E-state index is -0.934. The Hall–Kier alpha value is -7.47. The summed E-state index contributed by atoms with van der Waals surface area (Å²) >= 11 is 0. The lowest BCUT2D eigenvalue weighted by Gasteiger charge is -2.36. The van der Waals surface area contributed by atoms with Gasteiger partial charge < -0.3 is 14.0 Å². The van der Waals surface area contributed by atoms with Crippen LogP contribution in [-0.2, 0) is 37.6 Å². The summed E-state index contributed by atoms with van der Waals surface area (Å²) in [7, 11) is 1.58. The number of aromatic nitrogens is 6. The number of anilines is 1. The molecule has 0 aliphatic carbocycles. The number of aryl methyl sites for hydroxylation is 1. The van der Waals surface area contributed by atoms with Crippen LogP contribution in [0.3, 0.4) is 0 Å². The number of likely N-dealkylation sites (N-methyl/N-ethyl adjacent to an activating group) is 1. The molecule has 5 aromatic carbocycles. The molecule has 0 radical (unpaired) electrons. The lowest BCUT2D eigenvalue weighted by atomic mass is 9.77. The Kier molecular flexibility index (Phi) is 14.0. The highest BCUT2D eigenvalue weighted by Gasteiger charge is 2.42. The van der Waals surface area contributed by atoms with Gasteiger partial charge in [-0.15, -0.1) is 5.10 Å². The van der Waals surface area contributed by atoms with Crippen molar-refractivity contribution in [1.82, 2.24) is 29.8 Å². The summed E-state index contributed by atoms with van der Waals surface area (Å²) in [6, 6.07) is 47.1. The summed E-state index contributed by atoms with van der Waals surface area (Å²) in [5.41, 5.74) is 5.70. The second-order valence-electron chi connectivity index (χ2n) is 17.2. The third kappa shape index (κ3) is 9.72. The zero-order chi connectivity index (χ0) is 46.1. The monoisotopic (exact) mass is 869 g/mol. The maximum atomic E-state index is 14.1. The number of amides is 1. The molecule has 65 heavy (non-hydrogen) atoms. The van der Waals surface area contributed by atoms with Gasteiger partial charge in [-0.3, -0.25) is 14.5 Å². The molecule has 0 fully saturated rings. The second kappa shape index (κ2) is 19.9. The molecule has 7 rings (SSSR count). The molecule has 0 N–H and O–H groups in total. The highest BCUT2D eigenvalue weighted by atomic mass is 16.7. The van der Waals surface area contributed by atoms with Crippen LogP contribution in [0.5, 0.6) is 0 Å². The molecule has 0 saturated carbocycles. The predicted molar refractivity (Wildman–Crippen MR) is 252 cm³/mol. The molecule has 0 aliphatic rings. The molecule has 0 bridgehead atoms. The van der Waals surface area contributed by atoms with E-state index in [0.717, 1.165) is 57.4 Å². The maximum Gasteiger partial charge on any atom is 0.361 e. The smallest absolute Gasteiger partial charge is 0.361 e. The second-order valence-corrected chi connectivity index (χ2v) is 17.2. The molecule has 0 aliphatic heterocycles. The van der Waals surface area contributed by atoms with Crippen LogP contribution in [0.1, 0.15) is 93.0 Å². The number of benzene rings is 5. The Labute approximate surface area is 380 Å².